The fourth-order valence-corrected chi connectivity index (χ4v) is 3.04. The first-order chi connectivity index (χ1) is 12.1. The third kappa shape index (κ3) is 2.74. The minimum Gasteiger partial charge on any atom is -0.268 e. The molecule has 25 heavy (non-hydrogen) atoms. The number of benzene rings is 3. The van der Waals surface area contributed by atoms with E-state index in [4.69, 9.17) is 4.98 Å². The van der Waals surface area contributed by atoms with Crippen molar-refractivity contribution in [1.82, 2.24) is 9.55 Å². The van der Waals surface area contributed by atoms with Gasteiger partial charge in [0.2, 0.25) is 0 Å². The van der Waals surface area contributed by atoms with E-state index in [1.165, 1.54) is 0 Å². The summed E-state index contributed by atoms with van der Waals surface area (Å²) in [7, 11) is 0. The molecule has 0 bridgehead atoms. The van der Waals surface area contributed by atoms with Crippen molar-refractivity contribution in [1.29, 1.82) is 0 Å². The molecule has 3 nitrogen and oxygen atoms in total. The van der Waals surface area contributed by atoms with E-state index in [2.05, 4.69) is 6.07 Å². The summed E-state index contributed by atoms with van der Waals surface area (Å²) in [4.78, 5) is 18.0. The second kappa shape index (κ2) is 6.02. The van der Waals surface area contributed by atoms with Crippen LogP contribution in [0.1, 0.15) is 11.1 Å². The van der Waals surface area contributed by atoms with E-state index in [-0.39, 0.29) is 5.56 Å². The molecule has 0 aliphatic carbocycles. The Bertz CT molecular complexity index is 1120. The first-order valence-corrected chi connectivity index (χ1v) is 8.29. The maximum atomic E-state index is 13.2. The normalized spacial score (nSPS) is 11.0. The van der Waals surface area contributed by atoms with E-state index >= 15 is 0 Å². The first kappa shape index (κ1) is 15.3. The fraction of sp³-hybridized carbons (Fsp3) is 0.0909. The van der Waals surface area contributed by atoms with Crippen molar-refractivity contribution in [2.75, 3.05) is 0 Å². The van der Waals surface area contributed by atoms with Crippen LogP contribution in [0.15, 0.2) is 77.6 Å². The zero-order valence-corrected chi connectivity index (χ0v) is 14.2. The third-order valence-electron chi connectivity index (χ3n) is 4.34. The van der Waals surface area contributed by atoms with Crippen LogP contribution in [0.3, 0.4) is 0 Å². The highest BCUT2D eigenvalue weighted by atomic mass is 16.1. The van der Waals surface area contributed by atoms with E-state index in [1.54, 1.807) is 4.57 Å². The summed E-state index contributed by atoms with van der Waals surface area (Å²) in [5, 5.41) is 0.625. The van der Waals surface area contributed by atoms with Gasteiger partial charge in [-0.25, -0.2) is 4.98 Å². The number of aryl methyl sites for hydroxylation is 2. The summed E-state index contributed by atoms with van der Waals surface area (Å²) in [5.41, 5.74) is 4.71. The van der Waals surface area contributed by atoms with Crippen molar-refractivity contribution < 1.29 is 0 Å². The van der Waals surface area contributed by atoms with E-state index in [0.717, 1.165) is 22.4 Å². The Morgan fingerprint density at radius 2 is 1.56 bits per heavy atom. The highest BCUT2D eigenvalue weighted by Gasteiger charge is 2.14. The minimum absolute atomic E-state index is 0.0500. The lowest BCUT2D eigenvalue weighted by Gasteiger charge is -2.14. The van der Waals surface area contributed by atoms with Crippen LogP contribution in [0, 0.1) is 13.8 Å². The van der Waals surface area contributed by atoms with Gasteiger partial charge < -0.3 is 0 Å². The molecule has 0 saturated heterocycles. The zero-order valence-electron chi connectivity index (χ0n) is 14.2. The largest absolute Gasteiger partial charge is 0.268 e. The van der Waals surface area contributed by atoms with E-state index < -0.39 is 0 Å². The van der Waals surface area contributed by atoms with Crippen molar-refractivity contribution in [3.63, 3.8) is 0 Å². The lowest BCUT2D eigenvalue weighted by atomic mass is 10.1. The molecule has 0 radical (unpaired) electrons. The summed E-state index contributed by atoms with van der Waals surface area (Å²) >= 11 is 0. The highest BCUT2D eigenvalue weighted by molar-refractivity contribution is 5.80. The van der Waals surface area contributed by atoms with E-state index in [0.29, 0.717) is 16.7 Å². The summed E-state index contributed by atoms with van der Waals surface area (Å²) in [5.74, 6) is 0.663. The Morgan fingerprint density at radius 3 is 2.32 bits per heavy atom. The maximum Gasteiger partial charge on any atom is 0.266 e. The molecule has 0 atom stereocenters. The van der Waals surface area contributed by atoms with Gasteiger partial charge >= 0.3 is 0 Å². The molecule has 0 N–H and O–H groups in total. The summed E-state index contributed by atoms with van der Waals surface area (Å²) < 4.78 is 1.70. The van der Waals surface area contributed by atoms with Gasteiger partial charge in [-0.15, -0.1) is 0 Å². The van der Waals surface area contributed by atoms with Crippen LogP contribution in [0.4, 0.5) is 0 Å². The van der Waals surface area contributed by atoms with Crippen LogP contribution in [0.25, 0.3) is 28.0 Å². The molecule has 1 heterocycles. The predicted octanol–water partition coefficient (Wildman–Crippen LogP) is 4.67. The Labute approximate surface area is 146 Å². The van der Waals surface area contributed by atoms with Crippen LogP contribution in [0.5, 0.6) is 0 Å². The highest BCUT2D eigenvalue weighted by Crippen LogP contribution is 2.23. The van der Waals surface area contributed by atoms with Crippen LogP contribution in [0.2, 0.25) is 0 Å². The van der Waals surface area contributed by atoms with Gasteiger partial charge in [0.15, 0.2) is 0 Å². The van der Waals surface area contributed by atoms with Gasteiger partial charge in [-0.05, 0) is 44.2 Å². The van der Waals surface area contributed by atoms with Gasteiger partial charge in [-0.2, -0.15) is 0 Å². The summed E-state index contributed by atoms with van der Waals surface area (Å²) in [6.45, 7) is 4.07. The molecular weight excluding hydrogens is 308 g/mol. The van der Waals surface area contributed by atoms with Crippen molar-refractivity contribution >= 4 is 10.9 Å². The first-order valence-electron chi connectivity index (χ1n) is 8.29. The Kier molecular flexibility index (Phi) is 3.69. The molecule has 0 amide bonds. The number of fused-ring (bicyclic) bond motifs is 1. The lowest BCUT2D eigenvalue weighted by molar-refractivity contribution is 0.974. The molecule has 3 aromatic carbocycles. The molecule has 0 aliphatic heterocycles. The molecule has 122 valence electrons. The van der Waals surface area contributed by atoms with Crippen molar-refractivity contribution in [2.24, 2.45) is 0 Å². The topological polar surface area (TPSA) is 34.9 Å². The fourth-order valence-electron chi connectivity index (χ4n) is 3.04. The van der Waals surface area contributed by atoms with Crippen molar-refractivity contribution in [2.45, 2.75) is 13.8 Å². The second-order valence-electron chi connectivity index (χ2n) is 6.30. The number of rotatable bonds is 2. The maximum absolute atomic E-state index is 13.2. The number of nitrogens with zero attached hydrogens (tertiary/aromatic N) is 2. The van der Waals surface area contributed by atoms with Crippen LogP contribution < -0.4 is 5.56 Å². The van der Waals surface area contributed by atoms with Gasteiger partial charge in [0.1, 0.15) is 5.82 Å². The number of para-hydroxylation sites is 1. The SMILES string of the molecule is Cc1ccc(-n2c(-c3cccc(C)c3)nc3ccccc3c2=O)cc1. The van der Waals surface area contributed by atoms with Crippen molar-refractivity contribution in [3.8, 4) is 17.1 Å². The quantitative estimate of drug-likeness (QED) is 0.536. The van der Waals surface area contributed by atoms with Gasteiger partial charge in [0.25, 0.3) is 5.56 Å². The monoisotopic (exact) mass is 326 g/mol. The average Bonchev–Trinajstić information content (AvgIpc) is 2.63. The predicted molar refractivity (Wildman–Crippen MR) is 102 cm³/mol. The molecule has 1 aromatic heterocycles. The average molecular weight is 326 g/mol. The van der Waals surface area contributed by atoms with E-state index in [1.807, 2.05) is 80.6 Å². The van der Waals surface area contributed by atoms with Gasteiger partial charge in [-0.3, -0.25) is 9.36 Å². The Hall–Kier alpha value is -3.20. The lowest BCUT2D eigenvalue weighted by Crippen LogP contribution is -2.22. The van der Waals surface area contributed by atoms with Gasteiger partial charge in [0.05, 0.1) is 16.6 Å². The molecule has 4 aromatic rings. The van der Waals surface area contributed by atoms with Crippen molar-refractivity contribution in [3.05, 3.63) is 94.3 Å². The molecule has 3 heteroatoms. The van der Waals surface area contributed by atoms with Gasteiger partial charge in [-0.1, -0.05) is 53.6 Å². The van der Waals surface area contributed by atoms with Crippen LogP contribution >= 0.6 is 0 Å². The zero-order chi connectivity index (χ0) is 17.4. The number of hydrogen-bond acceptors (Lipinski definition) is 2. The molecule has 0 aliphatic rings. The molecular formula is C22H18N2O. The molecule has 4 rings (SSSR count). The molecule has 0 fully saturated rings. The molecule has 0 saturated carbocycles. The second-order valence-corrected chi connectivity index (χ2v) is 6.30. The van der Waals surface area contributed by atoms with Crippen LogP contribution in [-0.2, 0) is 0 Å². The number of hydrogen-bond donors (Lipinski definition) is 0. The molecule has 0 unspecified atom stereocenters. The van der Waals surface area contributed by atoms with E-state index in [9.17, 15) is 4.79 Å². The molecule has 0 spiro atoms. The summed E-state index contributed by atoms with van der Waals surface area (Å²) in [6.07, 6.45) is 0. The van der Waals surface area contributed by atoms with Crippen LogP contribution in [-0.4, -0.2) is 9.55 Å². The Morgan fingerprint density at radius 1 is 0.800 bits per heavy atom. The van der Waals surface area contributed by atoms with Gasteiger partial charge in [0, 0.05) is 5.56 Å². The standard InChI is InChI=1S/C22H18N2O/c1-15-10-12-18(13-11-15)24-21(17-7-5-6-16(2)14-17)23-20-9-4-3-8-19(20)22(24)25/h3-14H,1-2H3. The third-order valence-corrected chi connectivity index (χ3v) is 4.34. The number of aromatic nitrogens is 2. The smallest absolute Gasteiger partial charge is 0.266 e. The Balaban J connectivity index is 2.11. The summed E-state index contributed by atoms with van der Waals surface area (Å²) in [6, 6.07) is 23.5. The minimum atomic E-state index is -0.0500.